The van der Waals surface area contributed by atoms with Crippen LogP contribution in [0.2, 0.25) is 0 Å². The van der Waals surface area contributed by atoms with Gasteiger partial charge in [-0.25, -0.2) is 9.97 Å². The van der Waals surface area contributed by atoms with E-state index in [1.165, 1.54) is 0 Å². The molecule has 4 aromatic heterocycles. The van der Waals surface area contributed by atoms with Crippen molar-refractivity contribution in [1.82, 2.24) is 34.6 Å². The quantitative estimate of drug-likeness (QED) is 0.407. The van der Waals surface area contributed by atoms with Crippen molar-refractivity contribution < 1.29 is 4.79 Å². The van der Waals surface area contributed by atoms with E-state index < -0.39 is 5.91 Å². The minimum absolute atomic E-state index is 0.230. The fourth-order valence-electron chi connectivity index (χ4n) is 5.26. The maximum absolute atomic E-state index is 11.9. The molecule has 1 amide bonds. The molecular formula is C26H32N8O. The third-order valence-electron chi connectivity index (χ3n) is 6.82. The minimum Gasteiger partial charge on any atom is -0.364 e. The summed E-state index contributed by atoms with van der Waals surface area (Å²) in [5, 5.41) is 8.14. The highest BCUT2D eigenvalue weighted by Gasteiger charge is 2.48. The Morgan fingerprint density at radius 3 is 2.74 bits per heavy atom. The Morgan fingerprint density at radius 2 is 2.09 bits per heavy atom. The molecule has 9 nitrogen and oxygen atoms in total. The summed E-state index contributed by atoms with van der Waals surface area (Å²) in [7, 11) is 1.90. The Hall–Kier alpha value is -3.59. The molecule has 5 rings (SSSR count). The zero-order valence-corrected chi connectivity index (χ0v) is 20.7. The minimum atomic E-state index is -0.530. The van der Waals surface area contributed by atoms with Crippen molar-refractivity contribution in [2.45, 2.75) is 45.6 Å². The van der Waals surface area contributed by atoms with Crippen LogP contribution in [0.1, 0.15) is 61.1 Å². The third kappa shape index (κ3) is 4.20. The molecule has 35 heavy (non-hydrogen) atoms. The van der Waals surface area contributed by atoms with E-state index in [0.717, 1.165) is 53.1 Å². The van der Waals surface area contributed by atoms with Gasteiger partial charge in [-0.15, -0.1) is 0 Å². The normalized spacial score (nSPS) is 19.9. The molecule has 182 valence electrons. The van der Waals surface area contributed by atoms with Crippen molar-refractivity contribution in [2.24, 2.45) is 24.6 Å². The molecule has 0 aromatic carbocycles. The molecular weight excluding hydrogens is 440 g/mol. The molecule has 0 saturated heterocycles. The van der Waals surface area contributed by atoms with E-state index in [1.54, 1.807) is 17.1 Å². The van der Waals surface area contributed by atoms with Gasteiger partial charge in [0.05, 0.1) is 28.3 Å². The number of hydrogen-bond acceptors (Lipinski definition) is 6. The lowest BCUT2D eigenvalue weighted by atomic mass is 9.59. The average molecular weight is 473 g/mol. The summed E-state index contributed by atoms with van der Waals surface area (Å²) in [5.41, 5.74) is 10.3. The van der Waals surface area contributed by atoms with E-state index in [4.69, 9.17) is 5.73 Å². The van der Waals surface area contributed by atoms with Gasteiger partial charge in [-0.2, -0.15) is 5.10 Å². The Morgan fingerprint density at radius 1 is 1.29 bits per heavy atom. The molecule has 1 aliphatic rings. The van der Waals surface area contributed by atoms with Crippen molar-refractivity contribution in [3.8, 4) is 5.69 Å². The van der Waals surface area contributed by atoms with Crippen molar-refractivity contribution >= 4 is 16.9 Å². The van der Waals surface area contributed by atoms with Crippen molar-refractivity contribution in [1.29, 1.82) is 0 Å². The summed E-state index contributed by atoms with van der Waals surface area (Å²) < 4.78 is 3.85. The van der Waals surface area contributed by atoms with Gasteiger partial charge in [-0.3, -0.25) is 14.5 Å². The lowest BCUT2D eigenvalue weighted by molar-refractivity contribution is 0.0996. The van der Waals surface area contributed by atoms with Gasteiger partial charge in [-0.05, 0) is 60.5 Å². The van der Waals surface area contributed by atoms with Crippen LogP contribution in [0.25, 0.3) is 16.7 Å². The van der Waals surface area contributed by atoms with Gasteiger partial charge in [0, 0.05) is 26.0 Å². The van der Waals surface area contributed by atoms with E-state index in [1.807, 2.05) is 31.7 Å². The predicted molar refractivity (Wildman–Crippen MR) is 134 cm³/mol. The second-order valence-corrected chi connectivity index (χ2v) is 10.2. The molecule has 0 atom stereocenters. The molecule has 0 radical (unpaired) electrons. The Bertz CT molecular complexity index is 1380. The summed E-state index contributed by atoms with van der Waals surface area (Å²) in [4.78, 5) is 25.7. The average Bonchev–Trinajstić information content (AvgIpc) is 3.43. The summed E-state index contributed by atoms with van der Waals surface area (Å²) in [5.74, 6) is 1.43. The first-order valence-electron chi connectivity index (χ1n) is 12.1. The number of aromatic nitrogens is 6. The van der Waals surface area contributed by atoms with Crippen LogP contribution >= 0.6 is 0 Å². The van der Waals surface area contributed by atoms with Crippen LogP contribution in [-0.2, 0) is 19.0 Å². The Kier molecular flexibility index (Phi) is 5.88. The Labute approximate surface area is 204 Å². The van der Waals surface area contributed by atoms with Gasteiger partial charge in [-0.1, -0.05) is 20.8 Å². The number of amides is 1. The fraction of sp³-hybridized carbons (Fsp3) is 0.423. The number of nitrogens with two attached hydrogens (primary N) is 1. The van der Waals surface area contributed by atoms with Gasteiger partial charge >= 0.3 is 0 Å². The molecule has 0 spiro atoms. The molecule has 3 N–H and O–H groups in total. The van der Waals surface area contributed by atoms with Gasteiger partial charge in [0.25, 0.3) is 5.91 Å². The third-order valence-corrected chi connectivity index (χ3v) is 6.82. The van der Waals surface area contributed by atoms with E-state index in [9.17, 15) is 4.79 Å². The lowest BCUT2D eigenvalue weighted by Gasteiger charge is -2.44. The molecule has 1 aliphatic carbocycles. The van der Waals surface area contributed by atoms with Gasteiger partial charge in [0.2, 0.25) is 0 Å². The standard InChI is InChI=1S/C26H32N8O/c1-16(2)11-28-12-18-7-22(24(27)35)31-21-5-6-34(23(18)21)20-8-19(13-29-14-20)26(9-17(3)10-26)25-30-15-33(4)32-25/h5-8,13-17,28H,9-12H2,1-4H3,(H2,27,35). The first kappa shape index (κ1) is 23.2. The van der Waals surface area contributed by atoms with Gasteiger partial charge in [0.15, 0.2) is 5.82 Å². The van der Waals surface area contributed by atoms with E-state index in [0.29, 0.717) is 18.4 Å². The topological polar surface area (TPSA) is 117 Å². The number of pyridine rings is 2. The number of primary amides is 1. The van der Waals surface area contributed by atoms with Crippen LogP contribution in [-0.4, -0.2) is 41.8 Å². The maximum atomic E-state index is 11.9. The van der Waals surface area contributed by atoms with Crippen LogP contribution in [0.5, 0.6) is 0 Å². The molecule has 9 heteroatoms. The van der Waals surface area contributed by atoms with Crippen LogP contribution in [0.3, 0.4) is 0 Å². The second kappa shape index (κ2) is 8.88. The molecule has 0 unspecified atom stereocenters. The first-order chi connectivity index (χ1) is 16.8. The van der Waals surface area contributed by atoms with Crippen LogP contribution in [0.4, 0.5) is 0 Å². The van der Waals surface area contributed by atoms with Gasteiger partial charge in [0.1, 0.15) is 12.0 Å². The maximum Gasteiger partial charge on any atom is 0.267 e. The van der Waals surface area contributed by atoms with E-state index in [2.05, 4.69) is 56.8 Å². The highest BCUT2D eigenvalue weighted by molar-refractivity contribution is 5.94. The number of nitrogens with one attached hydrogen (secondary N) is 1. The zero-order chi connectivity index (χ0) is 24.7. The van der Waals surface area contributed by atoms with Crippen LogP contribution in [0.15, 0.2) is 43.1 Å². The molecule has 4 aromatic rings. The van der Waals surface area contributed by atoms with Crippen LogP contribution < -0.4 is 11.1 Å². The lowest BCUT2D eigenvalue weighted by Crippen LogP contribution is -2.42. The molecule has 4 heterocycles. The highest BCUT2D eigenvalue weighted by Crippen LogP contribution is 2.51. The monoisotopic (exact) mass is 472 g/mol. The molecule has 1 saturated carbocycles. The molecule has 1 fully saturated rings. The molecule has 0 aliphatic heterocycles. The highest BCUT2D eigenvalue weighted by atomic mass is 16.1. The predicted octanol–water partition coefficient (Wildman–Crippen LogP) is 3.11. The number of carbonyl (C=O) groups is 1. The van der Waals surface area contributed by atoms with Crippen molar-refractivity contribution in [3.05, 3.63) is 65.8 Å². The SMILES string of the molecule is CC(C)CNCc1cc(C(N)=O)nc2ccn(-c3cncc(C4(c5ncn(C)n5)CC(C)C4)c3)c12. The van der Waals surface area contributed by atoms with E-state index >= 15 is 0 Å². The number of rotatable bonds is 8. The molecule has 0 bridgehead atoms. The van der Waals surface area contributed by atoms with Crippen molar-refractivity contribution in [2.75, 3.05) is 6.54 Å². The summed E-state index contributed by atoms with van der Waals surface area (Å²) in [6, 6.07) is 5.89. The summed E-state index contributed by atoms with van der Waals surface area (Å²) in [6.07, 6.45) is 9.51. The van der Waals surface area contributed by atoms with Crippen molar-refractivity contribution in [3.63, 3.8) is 0 Å². The van der Waals surface area contributed by atoms with E-state index in [-0.39, 0.29) is 11.1 Å². The number of carbonyl (C=O) groups excluding carboxylic acids is 1. The zero-order valence-electron chi connectivity index (χ0n) is 20.7. The smallest absolute Gasteiger partial charge is 0.267 e. The summed E-state index contributed by atoms with van der Waals surface area (Å²) >= 11 is 0. The van der Waals surface area contributed by atoms with Gasteiger partial charge < -0.3 is 15.6 Å². The summed E-state index contributed by atoms with van der Waals surface area (Å²) in [6.45, 7) is 8.06. The number of hydrogen-bond donors (Lipinski definition) is 2. The number of nitrogens with zero attached hydrogens (tertiary/aromatic N) is 6. The second-order valence-electron chi connectivity index (χ2n) is 10.2. The number of aryl methyl sites for hydroxylation is 1. The van der Waals surface area contributed by atoms with Crippen LogP contribution in [0, 0.1) is 11.8 Å². The number of fused-ring (bicyclic) bond motifs is 1. The fourth-order valence-corrected chi connectivity index (χ4v) is 5.26. The Balaban J connectivity index is 1.59. The first-order valence-corrected chi connectivity index (χ1v) is 12.1. The largest absolute Gasteiger partial charge is 0.364 e.